The summed E-state index contributed by atoms with van der Waals surface area (Å²) < 4.78 is 5.78. The monoisotopic (exact) mass is 260 g/mol. The van der Waals surface area contributed by atoms with Crippen LogP contribution in [0, 0.1) is 0 Å². The number of ether oxygens (including phenoxy) is 1. The number of halogens is 1. The molecule has 0 aliphatic heterocycles. The van der Waals surface area contributed by atoms with Gasteiger partial charge < -0.3 is 4.74 Å². The first-order chi connectivity index (χ1) is 8.66. The fourth-order valence-corrected chi connectivity index (χ4v) is 1.79. The molecule has 2 aromatic rings. The van der Waals surface area contributed by atoms with Gasteiger partial charge in [-0.05, 0) is 48.4 Å². The molecule has 3 heteroatoms. The number of benzene rings is 2. The Morgan fingerprint density at radius 1 is 1.06 bits per heavy atom. The Balaban J connectivity index is 2.08. The zero-order valence-corrected chi connectivity index (χ0v) is 10.7. The quantitative estimate of drug-likeness (QED) is 0.770. The molecule has 1 atom stereocenters. The second kappa shape index (κ2) is 5.69. The Labute approximate surface area is 111 Å². The Hall–Kier alpha value is -1.80. The van der Waals surface area contributed by atoms with Crippen molar-refractivity contribution < 1.29 is 9.53 Å². The predicted octanol–water partition coefficient (Wildman–Crippen LogP) is 4.21. The molecule has 0 aliphatic carbocycles. The van der Waals surface area contributed by atoms with Gasteiger partial charge in [0.1, 0.15) is 11.9 Å². The third-order valence-electron chi connectivity index (χ3n) is 2.66. The van der Waals surface area contributed by atoms with Crippen LogP contribution in [0.5, 0.6) is 5.75 Å². The van der Waals surface area contributed by atoms with Crippen LogP contribution in [0.25, 0.3) is 0 Å². The molecule has 2 aromatic carbocycles. The molecule has 0 saturated heterocycles. The van der Waals surface area contributed by atoms with Gasteiger partial charge in [-0.25, -0.2) is 0 Å². The summed E-state index contributed by atoms with van der Waals surface area (Å²) in [4.78, 5) is 10.9. The number of hydrogen-bond donors (Lipinski definition) is 0. The van der Waals surface area contributed by atoms with E-state index in [2.05, 4.69) is 0 Å². The molecule has 0 spiro atoms. The minimum absolute atomic E-state index is 0.0382. The summed E-state index contributed by atoms with van der Waals surface area (Å²) in [5, 5.41) is -0.461. The smallest absolute Gasteiger partial charge is 0.252 e. The second-order valence-corrected chi connectivity index (χ2v) is 4.31. The normalized spacial score (nSPS) is 11.9. The predicted molar refractivity (Wildman–Crippen MR) is 72.1 cm³/mol. The van der Waals surface area contributed by atoms with E-state index in [0.29, 0.717) is 11.3 Å². The van der Waals surface area contributed by atoms with Crippen molar-refractivity contribution in [3.63, 3.8) is 0 Å². The van der Waals surface area contributed by atoms with Gasteiger partial charge >= 0.3 is 0 Å². The Bertz CT molecular complexity index is 520. The first kappa shape index (κ1) is 12.7. The number of rotatable bonds is 4. The highest BCUT2D eigenvalue weighted by atomic mass is 35.5. The Morgan fingerprint density at radius 2 is 1.67 bits per heavy atom. The third-order valence-corrected chi connectivity index (χ3v) is 2.88. The minimum Gasteiger partial charge on any atom is -0.486 e. The van der Waals surface area contributed by atoms with Crippen molar-refractivity contribution in [1.82, 2.24) is 0 Å². The highest BCUT2D eigenvalue weighted by Crippen LogP contribution is 2.22. The van der Waals surface area contributed by atoms with Crippen LogP contribution in [-0.2, 0) is 0 Å². The van der Waals surface area contributed by atoms with E-state index < -0.39 is 5.24 Å². The Morgan fingerprint density at radius 3 is 2.22 bits per heavy atom. The maximum atomic E-state index is 10.9. The zero-order chi connectivity index (χ0) is 13.0. The molecule has 0 fully saturated rings. The molecule has 18 heavy (non-hydrogen) atoms. The van der Waals surface area contributed by atoms with Crippen molar-refractivity contribution in [1.29, 1.82) is 0 Å². The van der Waals surface area contributed by atoms with Crippen LogP contribution in [0.4, 0.5) is 0 Å². The SMILES string of the molecule is CC(Oc1ccc(C(=O)Cl)cc1)c1ccccc1. The van der Waals surface area contributed by atoms with E-state index in [-0.39, 0.29) is 6.10 Å². The summed E-state index contributed by atoms with van der Waals surface area (Å²) in [6, 6.07) is 16.8. The molecule has 0 amide bonds. The van der Waals surface area contributed by atoms with Crippen LogP contribution in [0.3, 0.4) is 0 Å². The first-order valence-corrected chi connectivity index (χ1v) is 6.06. The van der Waals surface area contributed by atoms with Crippen LogP contribution in [0.15, 0.2) is 54.6 Å². The fraction of sp³-hybridized carbons (Fsp3) is 0.133. The van der Waals surface area contributed by atoms with E-state index in [9.17, 15) is 4.79 Å². The lowest BCUT2D eigenvalue weighted by atomic mass is 10.1. The van der Waals surface area contributed by atoms with E-state index in [1.807, 2.05) is 37.3 Å². The molecule has 0 aromatic heterocycles. The van der Waals surface area contributed by atoms with Crippen LogP contribution in [-0.4, -0.2) is 5.24 Å². The highest BCUT2D eigenvalue weighted by molar-refractivity contribution is 6.67. The topological polar surface area (TPSA) is 26.3 Å². The summed E-state index contributed by atoms with van der Waals surface area (Å²) >= 11 is 5.38. The van der Waals surface area contributed by atoms with Crippen LogP contribution >= 0.6 is 11.6 Å². The first-order valence-electron chi connectivity index (χ1n) is 5.68. The molecule has 0 aliphatic rings. The summed E-state index contributed by atoms with van der Waals surface area (Å²) in [6.45, 7) is 1.98. The molecular formula is C15H13ClO2. The molecule has 0 bridgehead atoms. The van der Waals surface area contributed by atoms with Crippen LogP contribution in [0.1, 0.15) is 28.9 Å². The molecule has 2 nitrogen and oxygen atoms in total. The molecule has 1 unspecified atom stereocenters. The van der Waals surface area contributed by atoms with Gasteiger partial charge in [-0.2, -0.15) is 0 Å². The molecule has 92 valence electrons. The highest BCUT2D eigenvalue weighted by Gasteiger charge is 2.07. The molecular weight excluding hydrogens is 248 g/mol. The summed E-state index contributed by atoms with van der Waals surface area (Å²) in [5.41, 5.74) is 1.58. The maximum Gasteiger partial charge on any atom is 0.252 e. The van der Waals surface area contributed by atoms with Gasteiger partial charge in [0.05, 0.1) is 0 Å². The second-order valence-electron chi connectivity index (χ2n) is 3.97. The lowest BCUT2D eigenvalue weighted by Crippen LogP contribution is -2.02. The number of carbonyl (C=O) groups is 1. The number of hydrogen-bond acceptors (Lipinski definition) is 2. The summed E-state index contributed by atoms with van der Waals surface area (Å²) in [7, 11) is 0. The van der Waals surface area contributed by atoms with E-state index in [0.717, 1.165) is 5.56 Å². The van der Waals surface area contributed by atoms with E-state index in [4.69, 9.17) is 16.3 Å². The van der Waals surface area contributed by atoms with Crippen LogP contribution in [0.2, 0.25) is 0 Å². The summed E-state index contributed by atoms with van der Waals surface area (Å²) in [6.07, 6.45) is -0.0382. The molecule has 0 radical (unpaired) electrons. The van der Waals surface area contributed by atoms with Crippen molar-refractivity contribution in [3.8, 4) is 5.75 Å². The lowest BCUT2D eigenvalue weighted by molar-refractivity contribution is 0.108. The standard InChI is InChI=1S/C15H13ClO2/c1-11(12-5-3-2-4-6-12)18-14-9-7-13(8-10-14)15(16)17/h2-11H,1H3. The molecule has 0 heterocycles. The average Bonchev–Trinajstić information content (AvgIpc) is 2.40. The van der Waals surface area contributed by atoms with E-state index in [1.165, 1.54) is 0 Å². The van der Waals surface area contributed by atoms with Gasteiger partial charge in [0.2, 0.25) is 0 Å². The van der Waals surface area contributed by atoms with Gasteiger partial charge in [0.15, 0.2) is 0 Å². The van der Waals surface area contributed by atoms with Gasteiger partial charge in [-0.15, -0.1) is 0 Å². The molecule has 0 N–H and O–H groups in total. The van der Waals surface area contributed by atoms with Gasteiger partial charge in [-0.1, -0.05) is 30.3 Å². The minimum atomic E-state index is -0.461. The van der Waals surface area contributed by atoms with Gasteiger partial charge in [-0.3, -0.25) is 4.79 Å². The van der Waals surface area contributed by atoms with E-state index in [1.54, 1.807) is 24.3 Å². The summed E-state index contributed by atoms with van der Waals surface area (Å²) in [5.74, 6) is 0.716. The van der Waals surface area contributed by atoms with Gasteiger partial charge in [0, 0.05) is 5.56 Å². The van der Waals surface area contributed by atoms with Crippen molar-refractivity contribution in [2.24, 2.45) is 0 Å². The average molecular weight is 261 g/mol. The van der Waals surface area contributed by atoms with Crippen molar-refractivity contribution >= 4 is 16.8 Å². The molecule has 2 rings (SSSR count). The van der Waals surface area contributed by atoms with Crippen LogP contribution < -0.4 is 4.74 Å². The lowest BCUT2D eigenvalue weighted by Gasteiger charge is -2.15. The van der Waals surface area contributed by atoms with E-state index >= 15 is 0 Å². The van der Waals surface area contributed by atoms with Crippen molar-refractivity contribution in [3.05, 3.63) is 65.7 Å². The Kier molecular flexibility index (Phi) is 4.00. The molecule has 0 saturated carbocycles. The zero-order valence-electron chi connectivity index (χ0n) is 9.97. The van der Waals surface area contributed by atoms with Crippen molar-refractivity contribution in [2.45, 2.75) is 13.0 Å². The van der Waals surface area contributed by atoms with Crippen molar-refractivity contribution in [2.75, 3.05) is 0 Å². The number of carbonyl (C=O) groups excluding carboxylic acids is 1. The largest absolute Gasteiger partial charge is 0.486 e. The van der Waals surface area contributed by atoms with Gasteiger partial charge in [0.25, 0.3) is 5.24 Å². The fourth-order valence-electron chi connectivity index (χ4n) is 1.66. The maximum absolute atomic E-state index is 10.9. The third kappa shape index (κ3) is 3.11.